The van der Waals surface area contributed by atoms with Crippen molar-refractivity contribution in [1.29, 1.82) is 0 Å². The molecule has 3 aromatic heterocycles. The largest absolute Gasteiger partial charge is 0.406 e. The van der Waals surface area contributed by atoms with Crippen molar-refractivity contribution in [2.75, 3.05) is 25.1 Å². The first kappa shape index (κ1) is 34.0. The summed E-state index contributed by atoms with van der Waals surface area (Å²) in [5.74, 6) is 6.25. The van der Waals surface area contributed by atoms with E-state index < -0.39 is 8.32 Å². The molecule has 1 aliphatic rings. The molecule has 246 valence electrons. The lowest BCUT2D eigenvalue weighted by atomic mass is 10.1. The van der Waals surface area contributed by atoms with Crippen molar-refractivity contribution in [1.82, 2.24) is 25.1 Å². The molecule has 0 spiro atoms. The van der Waals surface area contributed by atoms with Crippen molar-refractivity contribution in [2.45, 2.75) is 78.2 Å². The molecule has 47 heavy (non-hydrogen) atoms. The Balaban J connectivity index is 1.34. The molecule has 10 heteroatoms. The SMILES string of the molecule is Cc1cc(C)nc(C=Cc2nn(C3CCCCO3)c3cc(Nc4ncccc4C(=O)NCC#CCO[Si](C)(C)C(C)(C)C)ccc23)c1. The van der Waals surface area contributed by atoms with E-state index in [-0.39, 0.29) is 23.7 Å². The first-order valence-electron chi connectivity index (χ1n) is 16.3. The highest BCUT2D eigenvalue weighted by Gasteiger charge is 2.36. The van der Waals surface area contributed by atoms with Gasteiger partial charge in [-0.15, -0.1) is 0 Å². The quantitative estimate of drug-likeness (QED) is 0.141. The number of hydrogen-bond acceptors (Lipinski definition) is 7. The minimum atomic E-state index is -1.86. The van der Waals surface area contributed by atoms with Crippen LogP contribution < -0.4 is 10.6 Å². The third kappa shape index (κ3) is 8.54. The summed E-state index contributed by atoms with van der Waals surface area (Å²) >= 11 is 0. The van der Waals surface area contributed by atoms with Gasteiger partial charge in [0.1, 0.15) is 5.82 Å². The Bertz CT molecular complexity index is 1800. The number of benzene rings is 1. The molecule has 1 atom stereocenters. The first-order valence-corrected chi connectivity index (χ1v) is 19.2. The Hall–Kier alpha value is -4.30. The van der Waals surface area contributed by atoms with Crippen LogP contribution in [0.15, 0.2) is 48.7 Å². The second-order valence-corrected chi connectivity index (χ2v) is 18.3. The Labute approximate surface area is 279 Å². The second kappa shape index (κ2) is 14.6. The average Bonchev–Trinajstić information content (AvgIpc) is 3.39. The van der Waals surface area contributed by atoms with Crippen LogP contribution in [0.4, 0.5) is 11.5 Å². The summed E-state index contributed by atoms with van der Waals surface area (Å²) in [7, 11) is -1.86. The average molecular weight is 651 g/mol. The number of nitrogens with one attached hydrogen (secondary N) is 2. The molecule has 1 fully saturated rings. The summed E-state index contributed by atoms with van der Waals surface area (Å²) in [6, 6.07) is 13.7. The van der Waals surface area contributed by atoms with Crippen molar-refractivity contribution in [2.24, 2.45) is 0 Å². The molecule has 1 saturated heterocycles. The van der Waals surface area contributed by atoms with Gasteiger partial charge in [0.25, 0.3) is 5.91 Å². The normalized spacial score (nSPS) is 15.4. The fourth-order valence-electron chi connectivity index (χ4n) is 5.21. The molecule has 9 nitrogen and oxygen atoms in total. The number of fused-ring (bicyclic) bond motifs is 1. The Morgan fingerprint density at radius 1 is 1.13 bits per heavy atom. The number of amides is 1. The van der Waals surface area contributed by atoms with E-state index in [1.165, 1.54) is 5.56 Å². The molecular formula is C37H46N6O3Si. The number of aromatic nitrogens is 4. The number of ether oxygens (including phenoxy) is 1. The van der Waals surface area contributed by atoms with Crippen LogP contribution in [0.2, 0.25) is 18.1 Å². The van der Waals surface area contributed by atoms with Gasteiger partial charge >= 0.3 is 0 Å². The fraction of sp³-hybridized carbons (Fsp3) is 0.405. The van der Waals surface area contributed by atoms with Crippen LogP contribution in [-0.4, -0.2) is 53.7 Å². The highest BCUT2D eigenvalue weighted by atomic mass is 28.4. The van der Waals surface area contributed by atoms with Crippen LogP contribution in [0.25, 0.3) is 23.1 Å². The molecule has 4 aromatic rings. The lowest BCUT2D eigenvalue weighted by Crippen LogP contribution is -2.40. The molecule has 2 N–H and O–H groups in total. The van der Waals surface area contributed by atoms with Gasteiger partial charge in [-0.25, -0.2) is 9.67 Å². The van der Waals surface area contributed by atoms with Crippen LogP contribution in [0.3, 0.4) is 0 Å². The zero-order valence-electron chi connectivity index (χ0n) is 28.6. The van der Waals surface area contributed by atoms with Crippen molar-refractivity contribution >= 4 is 48.8 Å². The third-order valence-electron chi connectivity index (χ3n) is 8.78. The number of anilines is 2. The van der Waals surface area contributed by atoms with Crippen LogP contribution in [0.5, 0.6) is 0 Å². The van der Waals surface area contributed by atoms with Gasteiger partial charge in [0, 0.05) is 29.6 Å². The van der Waals surface area contributed by atoms with Crippen molar-refractivity contribution in [3.63, 3.8) is 0 Å². The number of carbonyl (C=O) groups is 1. The third-order valence-corrected chi connectivity index (χ3v) is 13.3. The van der Waals surface area contributed by atoms with E-state index >= 15 is 0 Å². The predicted molar refractivity (Wildman–Crippen MR) is 192 cm³/mol. The smallest absolute Gasteiger partial charge is 0.255 e. The summed E-state index contributed by atoms with van der Waals surface area (Å²) < 4.78 is 14.2. The van der Waals surface area contributed by atoms with Gasteiger partial charge in [0.15, 0.2) is 14.5 Å². The van der Waals surface area contributed by atoms with Crippen molar-refractivity contribution < 1.29 is 14.0 Å². The molecule has 0 bridgehead atoms. The van der Waals surface area contributed by atoms with E-state index in [1.54, 1.807) is 18.3 Å². The monoisotopic (exact) mass is 650 g/mol. The van der Waals surface area contributed by atoms with Gasteiger partial charge in [0.2, 0.25) is 0 Å². The van der Waals surface area contributed by atoms with Gasteiger partial charge in [-0.3, -0.25) is 9.78 Å². The number of aryl methyl sites for hydroxylation is 2. The molecule has 0 radical (unpaired) electrons. The first-order chi connectivity index (χ1) is 22.4. The second-order valence-electron chi connectivity index (χ2n) is 13.5. The predicted octanol–water partition coefficient (Wildman–Crippen LogP) is 7.81. The number of pyridine rings is 2. The molecule has 5 rings (SSSR count). The fourth-order valence-corrected chi connectivity index (χ4v) is 6.08. The number of rotatable bonds is 9. The van der Waals surface area contributed by atoms with Gasteiger partial charge in [-0.1, -0.05) is 32.6 Å². The maximum atomic E-state index is 13.2. The highest BCUT2D eigenvalue weighted by Crippen LogP contribution is 2.36. The molecule has 0 saturated carbocycles. The molecule has 4 heterocycles. The van der Waals surface area contributed by atoms with Crippen LogP contribution in [-0.2, 0) is 9.16 Å². The lowest BCUT2D eigenvalue weighted by molar-refractivity contribution is -0.0367. The Morgan fingerprint density at radius 2 is 1.96 bits per heavy atom. The van der Waals surface area contributed by atoms with Crippen molar-refractivity contribution in [3.05, 3.63) is 76.9 Å². The Morgan fingerprint density at radius 3 is 2.70 bits per heavy atom. The topological polar surface area (TPSA) is 103 Å². The van der Waals surface area contributed by atoms with Crippen LogP contribution in [0, 0.1) is 25.7 Å². The molecule has 1 unspecified atom stereocenters. The molecule has 1 amide bonds. The minimum absolute atomic E-state index is 0.123. The molecule has 1 aliphatic heterocycles. The van der Waals surface area contributed by atoms with E-state index in [0.717, 1.165) is 52.9 Å². The maximum Gasteiger partial charge on any atom is 0.255 e. The van der Waals surface area contributed by atoms with Gasteiger partial charge in [-0.05, 0) is 111 Å². The van der Waals surface area contributed by atoms with Crippen LogP contribution >= 0.6 is 0 Å². The number of nitrogens with zero attached hydrogens (tertiary/aromatic N) is 4. The summed E-state index contributed by atoms with van der Waals surface area (Å²) in [5.41, 5.74) is 6.04. The van der Waals surface area contributed by atoms with E-state index in [1.807, 2.05) is 42.0 Å². The zero-order valence-corrected chi connectivity index (χ0v) is 29.6. The van der Waals surface area contributed by atoms with E-state index in [4.69, 9.17) is 14.3 Å². The van der Waals surface area contributed by atoms with Crippen LogP contribution in [0.1, 0.15) is 79.3 Å². The van der Waals surface area contributed by atoms with Gasteiger partial charge in [0.05, 0.1) is 35.6 Å². The summed E-state index contributed by atoms with van der Waals surface area (Å²) in [6.07, 6.45) is 8.57. The van der Waals surface area contributed by atoms with E-state index in [0.29, 0.717) is 24.6 Å². The number of hydrogen-bond donors (Lipinski definition) is 2. The summed E-state index contributed by atoms with van der Waals surface area (Å²) in [6.45, 7) is 16.4. The van der Waals surface area contributed by atoms with Gasteiger partial charge < -0.3 is 19.8 Å². The van der Waals surface area contributed by atoms with Gasteiger partial charge in [-0.2, -0.15) is 5.10 Å². The van der Waals surface area contributed by atoms with Crippen molar-refractivity contribution in [3.8, 4) is 11.8 Å². The lowest BCUT2D eigenvalue weighted by Gasteiger charge is -2.35. The number of carbonyl (C=O) groups excluding carboxylic acids is 1. The minimum Gasteiger partial charge on any atom is -0.406 e. The maximum absolute atomic E-state index is 13.2. The van der Waals surface area contributed by atoms with E-state index in [2.05, 4.69) is 85.4 Å². The molecule has 0 aliphatic carbocycles. The Kier molecular flexibility index (Phi) is 10.6. The summed E-state index contributed by atoms with van der Waals surface area (Å²) in [4.78, 5) is 22.3. The van der Waals surface area contributed by atoms with E-state index in [9.17, 15) is 4.79 Å². The highest BCUT2D eigenvalue weighted by molar-refractivity contribution is 6.74. The standard InChI is InChI=1S/C37H46N6O3Si/c1-26-23-27(2)40-28(24-26)16-18-32-30-17-15-29(25-33(30)43(42-32)34-14-8-10-21-45-34)41-35-31(13-12-20-38-35)36(44)39-19-9-11-22-46-47(6,7)37(3,4)5/h12-13,15-18,20,23-25,34H,8,10,14,19,21-22H2,1-7H3,(H,38,41)(H,39,44). The molecular weight excluding hydrogens is 605 g/mol. The zero-order chi connectivity index (χ0) is 33.6. The summed E-state index contributed by atoms with van der Waals surface area (Å²) in [5, 5.41) is 12.4. The molecule has 1 aromatic carbocycles.